The van der Waals surface area contributed by atoms with Crippen LogP contribution >= 0.6 is 0 Å². The molecule has 0 saturated carbocycles. The third-order valence-corrected chi connectivity index (χ3v) is 4.08. The van der Waals surface area contributed by atoms with Gasteiger partial charge in [0.25, 0.3) is 5.91 Å². The Balaban J connectivity index is 2.14. The maximum Gasteiger partial charge on any atom is 0.272 e. The summed E-state index contributed by atoms with van der Waals surface area (Å²) in [6.07, 6.45) is -1.02. The lowest BCUT2D eigenvalue weighted by Crippen LogP contribution is -2.50. The third kappa shape index (κ3) is 3.29. The van der Waals surface area contributed by atoms with Gasteiger partial charge in [0, 0.05) is 18.2 Å². The average molecular weight is 336 g/mol. The number of carbonyl (C=O) groups excluding carboxylic acids is 2. The molecule has 1 aliphatic heterocycles. The van der Waals surface area contributed by atoms with Crippen LogP contribution in [0.5, 0.6) is 0 Å². The highest BCUT2D eigenvalue weighted by Crippen LogP contribution is 2.27. The number of benzodiazepines with no additional fused rings is 1. The maximum atomic E-state index is 12.8. The Morgan fingerprint density at radius 2 is 1.80 bits per heavy atom. The van der Waals surface area contributed by atoms with Crippen molar-refractivity contribution in [1.82, 2.24) is 5.32 Å². The molecule has 1 heterocycles. The molecule has 25 heavy (non-hydrogen) atoms. The molecule has 3 N–H and O–H groups in total. The van der Waals surface area contributed by atoms with Gasteiger partial charge in [-0.05, 0) is 13.0 Å². The molecule has 0 aromatic heterocycles. The van der Waals surface area contributed by atoms with Crippen LogP contribution in [-0.2, 0) is 9.59 Å². The number of amides is 2. The highest BCUT2D eigenvalue weighted by Gasteiger charge is 2.31. The van der Waals surface area contributed by atoms with E-state index in [4.69, 9.17) is 5.73 Å². The summed E-state index contributed by atoms with van der Waals surface area (Å²) < 4.78 is 0. The second kappa shape index (κ2) is 6.86. The first-order valence-corrected chi connectivity index (χ1v) is 8.05. The second-order valence-electron chi connectivity index (χ2n) is 5.96. The SMILES string of the molecule is CC(N)C(=O)NC1N=C(c2ccccc2)c2ccccc2N(C)C1=O. The third-order valence-electron chi connectivity index (χ3n) is 4.08. The lowest BCUT2D eigenvalue weighted by Gasteiger charge is -2.21. The predicted octanol–water partition coefficient (Wildman–Crippen LogP) is 1.29. The number of benzene rings is 2. The van der Waals surface area contributed by atoms with Crippen LogP contribution in [0.2, 0.25) is 0 Å². The van der Waals surface area contributed by atoms with Crippen LogP contribution in [0.1, 0.15) is 18.1 Å². The van der Waals surface area contributed by atoms with Crippen molar-refractivity contribution in [3.63, 3.8) is 0 Å². The van der Waals surface area contributed by atoms with E-state index in [-0.39, 0.29) is 5.91 Å². The van der Waals surface area contributed by atoms with Gasteiger partial charge in [-0.15, -0.1) is 0 Å². The molecule has 128 valence electrons. The molecule has 2 aromatic rings. The first kappa shape index (κ1) is 16.9. The predicted molar refractivity (Wildman–Crippen MR) is 97.5 cm³/mol. The van der Waals surface area contributed by atoms with Crippen LogP contribution in [0.3, 0.4) is 0 Å². The molecule has 2 unspecified atom stereocenters. The van der Waals surface area contributed by atoms with E-state index in [1.54, 1.807) is 14.0 Å². The van der Waals surface area contributed by atoms with E-state index in [2.05, 4.69) is 10.3 Å². The summed E-state index contributed by atoms with van der Waals surface area (Å²) in [7, 11) is 1.68. The Morgan fingerprint density at radius 3 is 2.48 bits per heavy atom. The summed E-state index contributed by atoms with van der Waals surface area (Å²) in [6, 6.07) is 16.4. The molecule has 1 aliphatic rings. The topological polar surface area (TPSA) is 87.8 Å². The van der Waals surface area contributed by atoms with E-state index >= 15 is 0 Å². The summed E-state index contributed by atoms with van der Waals surface area (Å²) in [5, 5.41) is 2.63. The van der Waals surface area contributed by atoms with E-state index in [1.165, 1.54) is 4.90 Å². The first-order chi connectivity index (χ1) is 12.0. The zero-order valence-electron chi connectivity index (χ0n) is 14.1. The zero-order valence-corrected chi connectivity index (χ0v) is 14.1. The van der Waals surface area contributed by atoms with Crippen LogP contribution in [0.4, 0.5) is 5.69 Å². The summed E-state index contributed by atoms with van der Waals surface area (Å²) >= 11 is 0. The van der Waals surface area contributed by atoms with Crippen LogP contribution in [-0.4, -0.2) is 36.8 Å². The Labute approximate surface area is 146 Å². The molecule has 0 radical (unpaired) electrons. The van der Waals surface area contributed by atoms with Gasteiger partial charge in [-0.2, -0.15) is 0 Å². The van der Waals surface area contributed by atoms with Crippen molar-refractivity contribution >= 4 is 23.2 Å². The number of aliphatic imine (C=N–C) groups is 1. The molecular formula is C19H20N4O2. The number of likely N-dealkylation sites (N-methyl/N-ethyl adjacent to an activating group) is 1. The zero-order chi connectivity index (χ0) is 18.0. The standard InChI is InChI=1S/C19H20N4O2/c1-12(20)18(24)22-17-19(25)23(2)15-11-7-6-10-14(15)16(21-17)13-8-4-3-5-9-13/h3-12,17H,20H2,1-2H3,(H,22,24). The number of nitrogens with two attached hydrogens (primary N) is 1. The van der Waals surface area contributed by atoms with Crippen LogP contribution in [0.25, 0.3) is 0 Å². The van der Waals surface area contributed by atoms with Gasteiger partial charge >= 0.3 is 0 Å². The number of para-hydroxylation sites is 1. The fraction of sp³-hybridized carbons (Fsp3) is 0.211. The number of hydrogen-bond donors (Lipinski definition) is 2. The molecule has 2 aromatic carbocycles. The number of nitrogens with zero attached hydrogens (tertiary/aromatic N) is 2. The Morgan fingerprint density at radius 1 is 1.16 bits per heavy atom. The van der Waals surface area contributed by atoms with Gasteiger partial charge in [0.1, 0.15) is 0 Å². The molecule has 0 fully saturated rings. The second-order valence-corrected chi connectivity index (χ2v) is 5.96. The minimum atomic E-state index is -1.02. The molecule has 6 heteroatoms. The summed E-state index contributed by atoms with van der Waals surface area (Å²) in [4.78, 5) is 30.9. The van der Waals surface area contributed by atoms with Crippen molar-refractivity contribution < 1.29 is 9.59 Å². The number of rotatable bonds is 3. The molecule has 0 aliphatic carbocycles. The normalized spacial score (nSPS) is 18.0. The average Bonchev–Trinajstić information content (AvgIpc) is 2.73. The van der Waals surface area contributed by atoms with Gasteiger partial charge in [0.2, 0.25) is 12.1 Å². The fourth-order valence-electron chi connectivity index (χ4n) is 2.71. The van der Waals surface area contributed by atoms with Gasteiger partial charge in [-0.3, -0.25) is 9.59 Å². The van der Waals surface area contributed by atoms with E-state index in [0.29, 0.717) is 5.71 Å². The maximum absolute atomic E-state index is 12.8. The van der Waals surface area contributed by atoms with Gasteiger partial charge in [0.05, 0.1) is 17.4 Å². The summed E-state index contributed by atoms with van der Waals surface area (Å²) in [5.41, 5.74) is 8.72. The van der Waals surface area contributed by atoms with Crippen molar-refractivity contribution in [1.29, 1.82) is 0 Å². The lowest BCUT2D eigenvalue weighted by molar-refractivity contribution is -0.127. The molecule has 2 amide bonds. The Bertz CT molecular complexity index is 830. The number of anilines is 1. The molecule has 2 atom stereocenters. The van der Waals surface area contributed by atoms with Crippen LogP contribution in [0, 0.1) is 0 Å². The quantitative estimate of drug-likeness (QED) is 0.885. The van der Waals surface area contributed by atoms with E-state index in [1.807, 2.05) is 54.6 Å². The molecule has 3 rings (SSSR count). The van der Waals surface area contributed by atoms with E-state index < -0.39 is 18.1 Å². The van der Waals surface area contributed by atoms with Gasteiger partial charge < -0.3 is 16.0 Å². The van der Waals surface area contributed by atoms with E-state index in [9.17, 15) is 9.59 Å². The fourth-order valence-corrected chi connectivity index (χ4v) is 2.71. The monoisotopic (exact) mass is 336 g/mol. The van der Waals surface area contributed by atoms with Crippen molar-refractivity contribution in [2.75, 3.05) is 11.9 Å². The van der Waals surface area contributed by atoms with Gasteiger partial charge in [-0.25, -0.2) is 4.99 Å². The molecular weight excluding hydrogens is 316 g/mol. The van der Waals surface area contributed by atoms with Crippen molar-refractivity contribution in [3.8, 4) is 0 Å². The molecule has 6 nitrogen and oxygen atoms in total. The smallest absolute Gasteiger partial charge is 0.272 e. The molecule has 0 spiro atoms. The highest BCUT2D eigenvalue weighted by molar-refractivity contribution is 6.20. The van der Waals surface area contributed by atoms with Crippen molar-refractivity contribution in [2.45, 2.75) is 19.1 Å². The van der Waals surface area contributed by atoms with Crippen molar-refractivity contribution in [3.05, 3.63) is 65.7 Å². The largest absolute Gasteiger partial charge is 0.325 e. The Kier molecular flexibility index (Phi) is 4.63. The van der Waals surface area contributed by atoms with Crippen LogP contribution < -0.4 is 16.0 Å². The molecule has 0 bridgehead atoms. The highest BCUT2D eigenvalue weighted by atomic mass is 16.2. The number of fused-ring (bicyclic) bond motifs is 1. The number of carbonyl (C=O) groups is 2. The minimum absolute atomic E-state index is 0.313. The van der Waals surface area contributed by atoms with Gasteiger partial charge in [0.15, 0.2) is 0 Å². The van der Waals surface area contributed by atoms with Gasteiger partial charge in [-0.1, -0.05) is 48.5 Å². The minimum Gasteiger partial charge on any atom is -0.325 e. The summed E-state index contributed by atoms with van der Waals surface area (Å²) in [6.45, 7) is 1.57. The van der Waals surface area contributed by atoms with E-state index in [0.717, 1.165) is 16.8 Å². The lowest BCUT2D eigenvalue weighted by atomic mass is 10.0. The van der Waals surface area contributed by atoms with Crippen molar-refractivity contribution in [2.24, 2.45) is 10.7 Å². The Hall–Kier alpha value is -2.99. The molecule has 0 saturated heterocycles. The number of nitrogens with one attached hydrogen (secondary N) is 1. The van der Waals surface area contributed by atoms with Crippen LogP contribution in [0.15, 0.2) is 59.6 Å². The number of hydrogen-bond acceptors (Lipinski definition) is 4. The summed E-state index contributed by atoms with van der Waals surface area (Å²) in [5.74, 6) is -0.735. The first-order valence-electron chi connectivity index (χ1n) is 8.05.